The number of hydrogen-bond acceptors (Lipinski definition) is 5. The zero-order chi connectivity index (χ0) is 13.2. The second-order valence-corrected chi connectivity index (χ2v) is 7.53. The van der Waals surface area contributed by atoms with Gasteiger partial charge in [-0.2, -0.15) is 11.3 Å². The molecule has 0 spiro atoms. The van der Waals surface area contributed by atoms with Crippen LogP contribution in [0.3, 0.4) is 0 Å². The highest BCUT2D eigenvalue weighted by molar-refractivity contribution is 7.91. The van der Waals surface area contributed by atoms with Gasteiger partial charge in [-0.1, -0.05) is 0 Å². The molecule has 0 unspecified atom stereocenters. The van der Waals surface area contributed by atoms with Crippen LogP contribution in [0, 0.1) is 6.92 Å². The second kappa shape index (κ2) is 5.50. The monoisotopic (exact) mass is 302 g/mol. The summed E-state index contributed by atoms with van der Waals surface area (Å²) in [6, 6.07) is 1.62. The molecule has 2 heterocycles. The summed E-state index contributed by atoms with van der Waals surface area (Å²) in [5.74, 6) is 0. The Morgan fingerprint density at radius 3 is 2.67 bits per heavy atom. The number of rotatable bonds is 5. The van der Waals surface area contributed by atoms with Gasteiger partial charge in [-0.05, 0) is 45.8 Å². The van der Waals surface area contributed by atoms with Crippen molar-refractivity contribution in [3.05, 3.63) is 38.9 Å². The first-order valence-electron chi connectivity index (χ1n) is 5.32. The van der Waals surface area contributed by atoms with Gasteiger partial charge < -0.3 is 5.73 Å². The topological polar surface area (TPSA) is 72.2 Å². The number of aryl methyl sites for hydroxylation is 1. The lowest BCUT2D eigenvalue weighted by atomic mass is 10.2. The summed E-state index contributed by atoms with van der Waals surface area (Å²) in [4.78, 5) is 0. The van der Waals surface area contributed by atoms with E-state index in [1.807, 2.05) is 17.7 Å². The van der Waals surface area contributed by atoms with E-state index in [9.17, 15) is 8.42 Å². The fraction of sp³-hybridized carbons (Fsp3) is 0.273. The first-order chi connectivity index (χ1) is 8.53. The van der Waals surface area contributed by atoms with Crippen LogP contribution in [-0.2, 0) is 23.1 Å². The van der Waals surface area contributed by atoms with Crippen LogP contribution in [-0.4, -0.2) is 8.42 Å². The van der Waals surface area contributed by atoms with Crippen molar-refractivity contribution in [2.24, 2.45) is 5.73 Å². The third-order valence-corrected chi connectivity index (χ3v) is 6.34. The third kappa shape index (κ3) is 2.99. The Labute approximate surface area is 115 Å². The minimum atomic E-state index is -3.42. The standard InChI is InChI=1S/C11H14N2O2S3/c1-8-5-16-7-10(8)4-13-18(14,15)11-2-9(3-12)6-17-11/h2,5-7,13H,3-4,12H2,1H3. The van der Waals surface area contributed by atoms with Crippen molar-refractivity contribution in [2.45, 2.75) is 24.2 Å². The van der Waals surface area contributed by atoms with Gasteiger partial charge in [0, 0.05) is 13.1 Å². The Kier molecular flexibility index (Phi) is 4.18. The molecule has 3 N–H and O–H groups in total. The first-order valence-corrected chi connectivity index (χ1v) is 8.62. The Bertz CT molecular complexity index is 628. The summed E-state index contributed by atoms with van der Waals surface area (Å²) >= 11 is 2.77. The summed E-state index contributed by atoms with van der Waals surface area (Å²) < 4.78 is 27.0. The van der Waals surface area contributed by atoms with E-state index >= 15 is 0 Å². The molecule has 18 heavy (non-hydrogen) atoms. The molecule has 0 aromatic carbocycles. The van der Waals surface area contributed by atoms with E-state index in [2.05, 4.69) is 4.72 Å². The van der Waals surface area contributed by atoms with Gasteiger partial charge in [0.1, 0.15) is 4.21 Å². The number of nitrogens with one attached hydrogen (secondary N) is 1. The minimum Gasteiger partial charge on any atom is -0.326 e. The van der Waals surface area contributed by atoms with Crippen molar-refractivity contribution in [2.75, 3.05) is 0 Å². The molecule has 0 aliphatic rings. The number of thiophene rings is 2. The lowest BCUT2D eigenvalue weighted by Gasteiger charge is -2.04. The van der Waals surface area contributed by atoms with E-state index in [1.54, 1.807) is 22.8 Å². The SMILES string of the molecule is Cc1cscc1CNS(=O)(=O)c1cc(CN)cs1. The van der Waals surface area contributed by atoms with Crippen LogP contribution in [0.4, 0.5) is 0 Å². The third-order valence-electron chi connectivity index (χ3n) is 2.54. The van der Waals surface area contributed by atoms with Gasteiger partial charge in [0.15, 0.2) is 0 Å². The van der Waals surface area contributed by atoms with E-state index in [0.29, 0.717) is 17.3 Å². The van der Waals surface area contributed by atoms with Gasteiger partial charge in [-0.25, -0.2) is 13.1 Å². The quantitative estimate of drug-likeness (QED) is 0.888. The summed E-state index contributed by atoms with van der Waals surface area (Å²) in [6.45, 7) is 2.65. The molecule has 2 rings (SSSR count). The van der Waals surface area contributed by atoms with Crippen molar-refractivity contribution in [1.29, 1.82) is 0 Å². The lowest BCUT2D eigenvalue weighted by Crippen LogP contribution is -2.22. The molecule has 0 atom stereocenters. The lowest BCUT2D eigenvalue weighted by molar-refractivity contribution is 0.583. The zero-order valence-electron chi connectivity index (χ0n) is 9.84. The summed E-state index contributed by atoms with van der Waals surface area (Å²) in [7, 11) is -3.42. The maximum Gasteiger partial charge on any atom is 0.250 e. The summed E-state index contributed by atoms with van der Waals surface area (Å²) in [6.07, 6.45) is 0. The Hall–Kier alpha value is -0.730. The van der Waals surface area contributed by atoms with Crippen LogP contribution >= 0.6 is 22.7 Å². The van der Waals surface area contributed by atoms with Gasteiger partial charge in [0.05, 0.1) is 0 Å². The van der Waals surface area contributed by atoms with Crippen LogP contribution in [0.1, 0.15) is 16.7 Å². The van der Waals surface area contributed by atoms with E-state index in [1.165, 1.54) is 11.3 Å². The highest BCUT2D eigenvalue weighted by Gasteiger charge is 2.16. The Morgan fingerprint density at radius 1 is 1.33 bits per heavy atom. The molecule has 0 aliphatic heterocycles. The van der Waals surface area contributed by atoms with Gasteiger partial charge in [-0.15, -0.1) is 11.3 Å². The fourth-order valence-electron chi connectivity index (χ4n) is 1.41. The predicted molar refractivity (Wildman–Crippen MR) is 75.3 cm³/mol. The second-order valence-electron chi connectivity index (χ2n) is 3.88. The molecular weight excluding hydrogens is 288 g/mol. The molecular formula is C11H14N2O2S3. The zero-order valence-corrected chi connectivity index (χ0v) is 12.3. The molecule has 0 radical (unpaired) electrons. The predicted octanol–water partition coefficient (Wildman–Crippen LogP) is 2.06. The maximum atomic E-state index is 12.0. The van der Waals surface area contributed by atoms with Crippen LogP contribution in [0.25, 0.3) is 0 Å². The molecule has 2 aromatic heterocycles. The van der Waals surface area contributed by atoms with Crippen molar-refractivity contribution >= 4 is 32.7 Å². The first kappa shape index (κ1) is 13.7. The molecule has 0 bridgehead atoms. The van der Waals surface area contributed by atoms with Crippen LogP contribution < -0.4 is 10.5 Å². The van der Waals surface area contributed by atoms with E-state index in [-0.39, 0.29) is 0 Å². The summed E-state index contributed by atoms with van der Waals surface area (Å²) in [5, 5.41) is 5.73. The maximum absolute atomic E-state index is 12.0. The minimum absolute atomic E-state index is 0.316. The average Bonchev–Trinajstić information content (AvgIpc) is 2.95. The van der Waals surface area contributed by atoms with E-state index in [0.717, 1.165) is 16.7 Å². The van der Waals surface area contributed by atoms with Crippen LogP contribution in [0.5, 0.6) is 0 Å². The van der Waals surface area contributed by atoms with Crippen LogP contribution in [0.2, 0.25) is 0 Å². The fourth-order valence-corrected chi connectivity index (χ4v) is 4.54. The molecule has 4 nitrogen and oxygen atoms in total. The smallest absolute Gasteiger partial charge is 0.250 e. The Morgan fingerprint density at radius 2 is 2.11 bits per heavy atom. The molecule has 0 aliphatic carbocycles. The number of hydrogen-bond donors (Lipinski definition) is 2. The highest BCUT2D eigenvalue weighted by Crippen LogP contribution is 2.20. The normalized spacial score (nSPS) is 11.9. The van der Waals surface area contributed by atoms with Crippen molar-refractivity contribution in [3.8, 4) is 0 Å². The highest BCUT2D eigenvalue weighted by atomic mass is 32.2. The number of sulfonamides is 1. The van der Waals surface area contributed by atoms with Gasteiger partial charge in [-0.3, -0.25) is 0 Å². The summed E-state index contributed by atoms with van der Waals surface area (Å²) in [5.41, 5.74) is 8.43. The molecule has 7 heteroatoms. The van der Waals surface area contributed by atoms with Crippen molar-refractivity contribution in [3.63, 3.8) is 0 Å². The molecule has 0 saturated heterocycles. The van der Waals surface area contributed by atoms with E-state index < -0.39 is 10.0 Å². The van der Waals surface area contributed by atoms with Gasteiger partial charge in [0.2, 0.25) is 10.0 Å². The van der Waals surface area contributed by atoms with Crippen molar-refractivity contribution < 1.29 is 8.42 Å². The van der Waals surface area contributed by atoms with Crippen LogP contribution in [0.15, 0.2) is 26.4 Å². The molecule has 0 saturated carbocycles. The molecule has 2 aromatic rings. The number of nitrogens with two attached hydrogens (primary N) is 1. The van der Waals surface area contributed by atoms with Crippen molar-refractivity contribution in [1.82, 2.24) is 4.72 Å². The van der Waals surface area contributed by atoms with E-state index in [4.69, 9.17) is 5.73 Å². The largest absolute Gasteiger partial charge is 0.326 e. The molecule has 0 fully saturated rings. The Balaban J connectivity index is 2.10. The van der Waals surface area contributed by atoms with Gasteiger partial charge >= 0.3 is 0 Å². The molecule has 0 amide bonds. The van der Waals surface area contributed by atoms with Gasteiger partial charge in [0.25, 0.3) is 0 Å². The molecule has 98 valence electrons. The average molecular weight is 302 g/mol.